The third-order valence-corrected chi connectivity index (χ3v) is 5.10. The molecule has 1 saturated carbocycles. The number of ether oxygens (including phenoxy) is 1. The number of carbonyl (C=O) groups is 4. The highest BCUT2D eigenvalue weighted by molar-refractivity contribution is 6.38. The highest BCUT2D eigenvalue weighted by atomic mass is 16.5. The summed E-state index contributed by atoms with van der Waals surface area (Å²) in [4.78, 5) is 48.8. The average Bonchev–Trinajstić information content (AvgIpc) is 2.75. The number of rotatable bonds is 5. The second-order valence-corrected chi connectivity index (χ2v) is 7.43. The third-order valence-electron chi connectivity index (χ3n) is 5.10. The second kappa shape index (κ2) is 10.00. The van der Waals surface area contributed by atoms with Crippen molar-refractivity contribution in [2.75, 3.05) is 5.01 Å². The van der Waals surface area contributed by atoms with Gasteiger partial charge in [0.1, 0.15) is 5.71 Å². The fraction of sp³-hybridized carbons (Fsp3) is 0.476. The first-order valence-electron chi connectivity index (χ1n) is 10.2. The molecule has 160 valence electrons. The summed E-state index contributed by atoms with van der Waals surface area (Å²) in [5.41, 5.74) is 0.586. The number of esters is 1. The van der Waals surface area contributed by atoms with Crippen LogP contribution in [-0.2, 0) is 19.1 Å². The molecule has 1 aromatic rings. The molecule has 0 bridgehead atoms. The van der Waals surface area contributed by atoms with Crippen LogP contribution in [0, 0.1) is 0 Å². The number of amides is 4. The SMILES string of the molecule is CC(OC(=O)C1=NN(c2ccccc2)C(=O)CC1)C(=O)NC(=O)NC1CCCCC1. The lowest BCUT2D eigenvalue weighted by molar-refractivity contribution is -0.148. The summed E-state index contributed by atoms with van der Waals surface area (Å²) in [7, 11) is 0. The van der Waals surface area contributed by atoms with Crippen molar-refractivity contribution in [3.05, 3.63) is 30.3 Å². The van der Waals surface area contributed by atoms with Crippen molar-refractivity contribution in [2.24, 2.45) is 5.10 Å². The Balaban J connectivity index is 1.54. The van der Waals surface area contributed by atoms with Crippen LogP contribution in [0.25, 0.3) is 0 Å². The van der Waals surface area contributed by atoms with Crippen molar-refractivity contribution in [2.45, 2.75) is 64.0 Å². The summed E-state index contributed by atoms with van der Waals surface area (Å²) >= 11 is 0. The number of hydrazone groups is 1. The van der Waals surface area contributed by atoms with E-state index in [1.165, 1.54) is 6.92 Å². The minimum Gasteiger partial charge on any atom is -0.448 e. The Morgan fingerprint density at radius 2 is 1.80 bits per heavy atom. The Morgan fingerprint density at radius 3 is 2.50 bits per heavy atom. The van der Waals surface area contributed by atoms with Gasteiger partial charge in [0, 0.05) is 18.9 Å². The number of imide groups is 1. The lowest BCUT2D eigenvalue weighted by Gasteiger charge is -2.24. The van der Waals surface area contributed by atoms with E-state index in [1.54, 1.807) is 24.3 Å². The summed E-state index contributed by atoms with van der Waals surface area (Å²) in [6.45, 7) is 1.38. The number of para-hydroxylation sites is 1. The Morgan fingerprint density at radius 1 is 1.10 bits per heavy atom. The van der Waals surface area contributed by atoms with Crippen molar-refractivity contribution in [1.82, 2.24) is 10.6 Å². The Bertz CT molecular complexity index is 833. The number of anilines is 1. The van der Waals surface area contributed by atoms with E-state index in [1.807, 2.05) is 6.07 Å². The molecule has 0 aromatic heterocycles. The normalized spacial score (nSPS) is 18.2. The molecule has 4 amide bonds. The van der Waals surface area contributed by atoms with E-state index in [2.05, 4.69) is 15.7 Å². The summed E-state index contributed by atoms with van der Waals surface area (Å²) in [6.07, 6.45) is 4.09. The van der Waals surface area contributed by atoms with E-state index >= 15 is 0 Å². The number of nitrogens with one attached hydrogen (secondary N) is 2. The van der Waals surface area contributed by atoms with E-state index in [0.717, 1.165) is 37.1 Å². The molecular weight excluding hydrogens is 388 g/mol. The van der Waals surface area contributed by atoms with Gasteiger partial charge in [0.25, 0.3) is 5.91 Å². The lowest BCUT2D eigenvalue weighted by Crippen LogP contribution is -2.48. The van der Waals surface area contributed by atoms with Crippen LogP contribution in [0.5, 0.6) is 0 Å². The van der Waals surface area contributed by atoms with Gasteiger partial charge in [-0.05, 0) is 31.9 Å². The highest BCUT2D eigenvalue weighted by Crippen LogP contribution is 2.20. The van der Waals surface area contributed by atoms with E-state index in [0.29, 0.717) is 5.69 Å². The van der Waals surface area contributed by atoms with Gasteiger partial charge in [-0.15, -0.1) is 0 Å². The van der Waals surface area contributed by atoms with Gasteiger partial charge in [-0.3, -0.25) is 14.9 Å². The van der Waals surface area contributed by atoms with Crippen LogP contribution in [0.15, 0.2) is 35.4 Å². The molecule has 1 heterocycles. The number of carbonyl (C=O) groups excluding carboxylic acids is 4. The molecule has 0 radical (unpaired) electrons. The molecule has 1 aliphatic heterocycles. The van der Waals surface area contributed by atoms with E-state index < -0.39 is 24.0 Å². The quantitative estimate of drug-likeness (QED) is 0.717. The maximum Gasteiger partial charge on any atom is 0.355 e. The first-order chi connectivity index (χ1) is 14.4. The van der Waals surface area contributed by atoms with Crippen LogP contribution >= 0.6 is 0 Å². The predicted octanol–water partition coefficient (Wildman–Crippen LogP) is 2.26. The maximum absolute atomic E-state index is 12.4. The number of hydrogen-bond donors (Lipinski definition) is 2. The molecule has 9 nitrogen and oxygen atoms in total. The van der Waals surface area contributed by atoms with Gasteiger partial charge in [-0.25, -0.2) is 14.6 Å². The molecule has 1 aromatic carbocycles. The van der Waals surface area contributed by atoms with Crippen molar-refractivity contribution >= 4 is 35.2 Å². The van der Waals surface area contributed by atoms with Gasteiger partial charge in [0.05, 0.1) is 5.69 Å². The minimum absolute atomic E-state index is 0.0461. The van der Waals surface area contributed by atoms with Gasteiger partial charge in [-0.1, -0.05) is 37.5 Å². The Labute approximate surface area is 174 Å². The zero-order valence-electron chi connectivity index (χ0n) is 16.9. The van der Waals surface area contributed by atoms with Crippen molar-refractivity contribution < 1.29 is 23.9 Å². The first kappa shape index (κ1) is 21.5. The molecule has 1 fully saturated rings. The number of nitrogens with zero attached hydrogens (tertiary/aromatic N) is 2. The summed E-state index contributed by atoms with van der Waals surface area (Å²) in [6, 6.07) is 8.20. The molecule has 2 aliphatic rings. The average molecular weight is 414 g/mol. The molecule has 3 rings (SSSR count). The largest absolute Gasteiger partial charge is 0.448 e. The molecule has 1 aliphatic carbocycles. The number of benzene rings is 1. The third kappa shape index (κ3) is 5.65. The van der Waals surface area contributed by atoms with Crippen molar-refractivity contribution in [3.63, 3.8) is 0 Å². The molecule has 2 N–H and O–H groups in total. The lowest BCUT2D eigenvalue weighted by atomic mass is 9.96. The Kier molecular flexibility index (Phi) is 7.16. The molecule has 0 saturated heterocycles. The number of hydrogen-bond acceptors (Lipinski definition) is 6. The number of urea groups is 1. The predicted molar refractivity (Wildman–Crippen MR) is 110 cm³/mol. The molecule has 30 heavy (non-hydrogen) atoms. The Hall–Kier alpha value is -3.23. The molecule has 1 atom stereocenters. The second-order valence-electron chi connectivity index (χ2n) is 7.43. The van der Waals surface area contributed by atoms with Gasteiger partial charge >= 0.3 is 12.0 Å². The summed E-state index contributed by atoms with van der Waals surface area (Å²) in [5, 5.41) is 10.2. The zero-order valence-corrected chi connectivity index (χ0v) is 16.9. The monoisotopic (exact) mass is 414 g/mol. The minimum atomic E-state index is -1.18. The van der Waals surface area contributed by atoms with Gasteiger partial charge in [0.2, 0.25) is 5.91 Å². The van der Waals surface area contributed by atoms with E-state index in [-0.39, 0.29) is 30.5 Å². The van der Waals surface area contributed by atoms with Crippen LogP contribution < -0.4 is 15.6 Å². The molecular formula is C21H26N4O5. The molecule has 9 heteroatoms. The molecule has 1 unspecified atom stereocenters. The molecule has 0 spiro atoms. The summed E-state index contributed by atoms with van der Waals surface area (Å²) in [5.74, 6) is -1.74. The fourth-order valence-corrected chi connectivity index (χ4v) is 3.44. The van der Waals surface area contributed by atoms with Crippen LogP contribution in [0.2, 0.25) is 0 Å². The zero-order chi connectivity index (χ0) is 21.5. The van der Waals surface area contributed by atoms with Crippen LogP contribution in [-0.4, -0.2) is 41.7 Å². The smallest absolute Gasteiger partial charge is 0.355 e. The van der Waals surface area contributed by atoms with Gasteiger partial charge < -0.3 is 10.1 Å². The standard InChI is InChI=1S/C21H26N4O5/c1-14(19(27)23-21(29)22-15-8-4-2-5-9-15)30-20(28)17-12-13-18(26)25(24-17)16-10-6-3-7-11-16/h3,6-7,10-11,14-15H,2,4-5,8-9,12-13H2,1H3,(H2,22,23,27,29). The maximum atomic E-state index is 12.4. The van der Waals surface area contributed by atoms with Crippen LogP contribution in [0.1, 0.15) is 51.9 Å². The van der Waals surface area contributed by atoms with Crippen LogP contribution in [0.3, 0.4) is 0 Å². The first-order valence-corrected chi connectivity index (χ1v) is 10.2. The summed E-state index contributed by atoms with van der Waals surface area (Å²) < 4.78 is 5.16. The van der Waals surface area contributed by atoms with Gasteiger partial charge in [0.15, 0.2) is 6.10 Å². The van der Waals surface area contributed by atoms with E-state index in [4.69, 9.17) is 4.74 Å². The van der Waals surface area contributed by atoms with Crippen molar-refractivity contribution in [3.8, 4) is 0 Å². The fourth-order valence-electron chi connectivity index (χ4n) is 3.44. The van der Waals surface area contributed by atoms with E-state index in [9.17, 15) is 19.2 Å². The van der Waals surface area contributed by atoms with Gasteiger partial charge in [-0.2, -0.15) is 5.10 Å². The highest BCUT2D eigenvalue weighted by Gasteiger charge is 2.29. The topological polar surface area (TPSA) is 117 Å². The van der Waals surface area contributed by atoms with Crippen LogP contribution in [0.4, 0.5) is 10.5 Å². The van der Waals surface area contributed by atoms with Crippen molar-refractivity contribution in [1.29, 1.82) is 0 Å².